The number of likely N-dealkylation sites (tertiary alicyclic amines) is 1. The minimum Gasteiger partial charge on any atom is -0.496 e. The van der Waals surface area contributed by atoms with Crippen molar-refractivity contribution in [2.24, 2.45) is 0 Å². The smallest absolute Gasteiger partial charge is 0.411 e. The minimum absolute atomic E-state index is 0.0621. The quantitative estimate of drug-likeness (QED) is 0.314. The van der Waals surface area contributed by atoms with Crippen molar-refractivity contribution in [3.63, 3.8) is 0 Å². The molecule has 0 aliphatic carbocycles. The number of aromatic amines is 1. The van der Waals surface area contributed by atoms with Crippen LogP contribution in [0.25, 0.3) is 10.9 Å². The molecule has 1 aliphatic rings. The number of carbonyl (C=O) groups is 1. The van der Waals surface area contributed by atoms with Gasteiger partial charge in [0.2, 0.25) is 0 Å². The van der Waals surface area contributed by atoms with Crippen LogP contribution in [0, 0.1) is 6.92 Å². The molecule has 2 aromatic carbocycles. The summed E-state index contributed by atoms with van der Waals surface area (Å²) in [6, 6.07) is 8.82. The van der Waals surface area contributed by atoms with Crippen molar-refractivity contribution in [1.82, 2.24) is 9.88 Å². The Labute approximate surface area is 199 Å². The normalized spacial score (nSPS) is 20.2. The third-order valence-electron chi connectivity index (χ3n) is 6.41. The summed E-state index contributed by atoms with van der Waals surface area (Å²) in [6.07, 6.45) is -4.77. The van der Waals surface area contributed by atoms with E-state index in [2.05, 4.69) is 4.98 Å². The summed E-state index contributed by atoms with van der Waals surface area (Å²) in [5, 5.41) is 9.87. The maximum atomic E-state index is 16.4. The molecule has 1 aliphatic heterocycles. The predicted molar refractivity (Wildman–Crippen MR) is 121 cm³/mol. The van der Waals surface area contributed by atoms with E-state index in [1.807, 2.05) is 6.92 Å². The highest BCUT2D eigenvalue weighted by Gasteiger charge is 2.39. The maximum absolute atomic E-state index is 16.4. The van der Waals surface area contributed by atoms with Gasteiger partial charge in [0.25, 0.3) is 0 Å². The van der Waals surface area contributed by atoms with Gasteiger partial charge in [0.15, 0.2) is 6.30 Å². The number of nitrogens with one attached hydrogen (secondary N) is 1. The number of carboxylic acids is 1. The molecule has 0 bridgehead atoms. The molecule has 3 aromatic rings. The monoisotopic (exact) mass is 494 g/mol. The van der Waals surface area contributed by atoms with E-state index in [4.69, 9.17) is 9.47 Å². The van der Waals surface area contributed by atoms with Crippen LogP contribution in [0.2, 0.25) is 0 Å². The lowest BCUT2D eigenvalue weighted by Crippen LogP contribution is -2.41. The van der Waals surface area contributed by atoms with E-state index in [1.165, 1.54) is 19.2 Å². The van der Waals surface area contributed by atoms with Crippen molar-refractivity contribution in [3.05, 3.63) is 64.8 Å². The zero-order valence-electron chi connectivity index (χ0n) is 19.2. The van der Waals surface area contributed by atoms with Gasteiger partial charge in [-0.1, -0.05) is 12.1 Å². The fourth-order valence-corrected chi connectivity index (χ4v) is 4.74. The Morgan fingerprint density at radius 2 is 1.97 bits per heavy atom. The van der Waals surface area contributed by atoms with E-state index in [0.29, 0.717) is 22.3 Å². The number of hydrogen-bond acceptors (Lipinski definition) is 4. The van der Waals surface area contributed by atoms with Gasteiger partial charge in [-0.25, -0.2) is 9.18 Å². The molecule has 1 saturated heterocycles. The summed E-state index contributed by atoms with van der Waals surface area (Å²) in [4.78, 5) is 15.9. The third-order valence-corrected chi connectivity index (χ3v) is 6.41. The largest absolute Gasteiger partial charge is 0.496 e. The fraction of sp³-hybridized carbons (Fsp3) is 0.400. The lowest BCUT2D eigenvalue weighted by atomic mass is 9.91. The van der Waals surface area contributed by atoms with E-state index in [9.17, 15) is 23.1 Å². The molecular weight excluding hydrogens is 468 g/mol. The standard InChI is InChI=1S/C25H26F4N2O4/c1-14-11-20(34-2)21(18-7-9-30-22(14)18)23(26)31-10-8-17(35-13-25(27,28)29)12-19(31)15-3-5-16(6-4-15)24(32)33/h3-7,9,11,17,19,23,30H,8,10,12-13H2,1-2H3,(H,32,33)/t17-,19+,23?/m1/s1. The van der Waals surface area contributed by atoms with Crippen molar-refractivity contribution in [2.75, 3.05) is 20.3 Å². The molecular formula is C25H26F4N2O4. The van der Waals surface area contributed by atoms with Gasteiger partial charge in [0, 0.05) is 29.7 Å². The van der Waals surface area contributed by atoms with Crippen LogP contribution < -0.4 is 4.74 Å². The van der Waals surface area contributed by atoms with E-state index in [1.54, 1.807) is 35.4 Å². The summed E-state index contributed by atoms with van der Waals surface area (Å²) in [5.74, 6) is -0.733. The van der Waals surface area contributed by atoms with Gasteiger partial charge in [-0.2, -0.15) is 13.2 Å². The Morgan fingerprint density at radius 3 is 2.60 bits per heavy atom. The molecule has 0 spiro atoms. The fourth-order valence-electron chi connectivity index (χ4n) is 4.74. The molecule has 3 atom stereocenters. The van der Waals surface area contributed by atoms with E-state index >= 15 is 4.39 Å². The van der Waals surface area contributed by atoms with Crippen molar-refractivity contribution in [1.29, 1.82) is 0 Å². The second kappa shape index (κ2) is 9.87. The first-order chi connectivity index (χ1) is 16.6. The van der Waals surface area contributed by atoms with Crippen LogP contribution in [-0.4, -0.2) is 53.5 Å². The number of methoxy groups -OCH3 is 1. The number of aromatic carboxylic acids is 1. The number of halogens is 4. The zero-order chi connectivity index (χ0) is 25.3. The second-order valence-electron chi connectivity index (χ2n) is 8.66. The predicted octanol–water partition coefficient (Wildman–Crippen LogP) is 5.94. The highest BCUT2D eigenvalue weighted by atomic mass is 19.4. The van der Waals surface area contributed by atoms with Crippen LogP contribution in [0.3, 0.4) is 0 Å². The summed E-state index contributed by atoms with van der Waals surface area (Å²) in [7, 11) is 1.46. The highest BCUT2D eigenvalue weighted by Crippen LogP contribution is 2.44. The van der Waals surface area contributed by atoms with Crippen molar-refractivity contribution < 1.29 is 36.9 Å². The van der Waals surface area contributed by atoms with Crippen molar-refractivity contribution in [3.8, 4) is 5.75 Å². The number of nitrogens with zero attached hydrogens (tertiary/aromatic N) is 1. The third kappa shape index (κ3) is 5.28. The number of alkyl halides is 4. The maximum Gasteiger partial charge on any atom is 0.411 e. The van der Waals surface area contributed by atoms with Gasteiger partial charge in [0.05, 0.1) is 24.3 Å². The van der Waals surface area contributed by atoms with Crippen molar-refractivity contribution in [2.45, 2.75) is 44.4 Å². The number of ether oxygens (including phenoxy) is 2. The first-order valence-electron chi connectivity index (χ1n) is 11.1. The highest BCUT2D eigenvalue weighted by molar-refractivity contribution is 5.88. The van der Waals surface area contributed by atoms with Crippen LogP contribution >= 0.6 is 0 Å². The molecule has 0 saturated carbocycles. The molecule has 10 heteroatoms. The Morgan fingerprint density at radius 1 is 1.26 bits per heavy atom. The molecule has 35 heavy (non-hydrogen) atoms. The molecule has 6 nitrogen and oxygen atoms in total. The topological polar surface area (TPSA) is 74.8 Å². The Hall–Kier alpha value is -3.11. The molecule has 0 radical (unpaired) electrons. The number of aromatic nitrogens is 1. The summed E-state index contributed by atoms with van der Waals surface area (Å²) in [6.45, 7) is 0.643. The van der Waals surface area contributed by atoms with E-state index in [0.717, 1.165) is 11.1 Å². The van der Waals surface area contributed by atoms with Gasteiger partial charge < -0.3 is 19.6 Å². The lowest BCUT2D eigenvalue weighted by molar-refractivity contribution is -0.193. The second-order valence-corrected chi connectivity index (χ2v) is 8.66. The zero-order valence-corrected chi connectivity index (χ0v) is 19.2. The molecule has 1 fully saturated rings. The number of rotatable bonds is 7. The Bertz CT molecular complexity index is 1190. The van der Waals surface area contributed by atoms with Crippen LogP contribution in [0.15, 0.2) is 42.6 Å². The molecule has 2 N–H and O–H groups in total. The number of piperidine rings is 1. The first kappa shape index (κ1) is 25.0. The molecule has 4 rings (SSSR count). The molecule has 1 aromatic heterocycles. The van der Waals surface area contributed by atoms with E-state index in [-0.39, 0.29) is 24.9 Å². The summed E-state index contributed by atoms with van der Waals surface area (Å²) >= 11 is 0. The molecule has 0 amide bonds. The number of H-pyrrole nitrogens is 1. The van der Waals surface area contributed by atoms with Gasteiger partial charge in [-0.15, -0.1) is 0 Å². The van der Waals surface area contributed by atoms with Gasteiger partial charge in [-0.3, -0.25) is 4.90 Å². The van der Waals surface area contributed by atoms with Crippen LogP contribution in [0.1, 0.15) is 52.2 Å². The Balaban J connectivity index is 1.70. The number of hydrogen-bond donors (Lipinski definition) is 2. The molecule has 2 heterocycles. The number of benzene rings is 2. The lowest BCUT2D eigenvalue weighted by Gasteiger charge is -2.41. The van der Waals surface area contributed by atoms with Crippen LogP contribution in [-0.2, 0) is 4.74 Å². The van der Waals surface area contributed by atoms with Crippen LogP contribution in [0.5, 0.6) is 5.75 Å². The first-order valence-corrected chi connectivity index (χ1v) is 11.1. The number of fused-ring (bicyclic) bond motifs is 1. The van der Waals surface area contributed by atoms with E-state index < -0.39 is 37.2 Å². The van der Waals surface area contributed by atoms with Gasteiger partial charge in [-0.05, 0) is 55.2 Å². The van der Waals surface area contributed by atoms with Crippen molar-refractivity contribution >= 4 is 16.9 Å². The van der Waals surface area contributed by atoms with Crippen LogP contribution in [0.4, 0.5) is 17.6 Å². The average Bonchev–Trinajstić information content (AvgIpc) is 3.32. The summed E-state index contributed by atoms with van der Waals surface area (Å²) < 4.78 is 65.2. The Kier molecular flexibility index (Phi) is 7.05. The minimum atomic E-state index is -4.46. The average molecular weight is 494 g/mol. The number of aryl methyl sites for hydroxylation is 1. The SMILES string of the molecule is COc1cc(C)c2[nH]ccc2c1C(F)N1CC[C@@H](OCC(F)(F)F)C[C@H]1c1ccc(C(=O)O)cc1. The van der Waals surface area contributed by atoms with Gasteiger partial charge >= 0.3 is 12.1 Å². The number of carboxylic acid groups (broad SMARTS) is 1. The molecule has 188 valence electrons. The van der Waals surface area contributed by atoms with Gasteiger partial charge in [0.1, 0.15) is 12.4 Å². The summed E-state index contributed by atoms with van der Waals surface area (Å²) in [5.41, 5.74) is 2.64. The molecule has 1 unspecified atom stereocenters.